The van der Waals surface area contributed by atoms with Gasteiger partial charge in [-0.3, -0.25) is 9.59 Å². The van der Waals surface area contributed by atoms with E-state index in [0.29, 0.717) is 0 Å². The van der Waals surface area contributed by atoms with Crippen molar-refractivity contribution in [3.8, 4) is 0 Å². The lowest BCUT2D eigenvalue weighted by molar-refractivity contribution is -0.146. The molecule has 0 aliphatic rings. The van der Waals surface area contributed by atoms with Crippen LogP contribution >= 0.6 is 15.9 Å². The summed E-state index contributed by atoms with van der Waals surface area (Å²) in [6.07, 6.45) is 0. The summed E-state index contributed by atoms with van der Waals surface area (Å²) in [4.78, 5) is 21.8. The number of carbonyl (C=O) groups is 2. The van der Waals surface area contributed by atoms with Crippen LogP contribution in [0.2, 0.25) is 0 Å². The minimum absolute atomic E-state index is 0.242. The van der Waals surface area contributed by atoms with Gasteiger partial charge >= 0.3 is 5.97 Å². The predicted molar refractivity (Wildman–Crippen MR) is 62.7 cm³/mol. The first-order valence-electron chi connectivity index (χ1n) is 4.97. The lowest BCUT2D eigenvalue weighted by atomic mass is 10.1. The van der Waals surface area contributed by atoms with Crippen LogP contribution in [-0.2, 0) is 16.1 Å². The summed E-state index contributed by atoms with van der Waals surface area (Å²) in [6, 6.07) is 2.12. The van der Waals surface area contributed by atoms with E-state index in [1.807, 2.05) is 0 Å². The van der Waals surface area contributed by atoms with E-state index in [0.717, 1.165) is 12.1 Å². The fraction of sp³-hybridized carbons (Fsp3) is 0.273. The highest BCUT2D eigenvalue weighted by atomic mass is 79.9. The molecule has 0 bridgehead atoms. The molecule has 1 amide bonds. The fourth-order valence-electron chi connectivity index (χ4n) is 1.18. The number of carbonyl (C=O) groups excluding carboxylic acids is 1. The number of amides is 1. The van der Waals surface area contributed by atoms with Gasteiger partial charge in [0.2, 0.25) is 5.91 Å². The standard InChI is InChI=1S/C11H10BrF2NO3/c1-5(11(17)18)10(16)15-4-7-8(13)2-6(12)3-9(7)14/h2-3,5H,4H2,1H3,(H,15,16)(H,17,18). The smallest absolute Gasteiger partial charge is 0.315 e. The molecule has 1 aromatic carbocycles. The lowest BCUT2D eigenvalue weighted by Crippen LogP contribution is -2.33. The summed E-state index contributed by atoms with van der Waals surface area (Å²) in [5.41, 5.74) is -0.316. The quantitative estimate of drug-likeness (QED) is 0.834. The van der Waals surface area contributed by atoms with Gasteiger partial charge in [-0.2, -0.15) is 0 Å². The average molecular weight is 322 g/mol. The Morgan fingerprint density at radius 1 is 1.39 bits per heavy atom. The van der Waals surface area contributed by atoms with Crippen molar-refractivity contribution in [3.63, 3.8) is 0 Å². The van der Waals surface area contributed by atoms with Crippen LogP contribution in [0.15, 0.2) is 16.6 Å². The van der Waals surface area contributed by atoms with E-state index in [4.69, 9.17) is 5.11 Å². The summed E-state index contributed by atoms with van der Waals surface area (Å²) in [7, 11) is 0. The summed E-state index contributed by atoms with van der Waals surface area (Å²) < 4.78 is 27.0. The highest BCUT2D eigenvalue weighted by molar-refractivity contribution is 9.10. The summed E-state index contributed by atoms with van der Waals surface area (Å²) >= 11 is 2.92. The Morgan fingerprint density at radius 3 is 2.33 bits per heavy atom. The van der Waals surface area contributed by atoms with Crippen LogP contribution in [0.25, 0.3) is 0 Å². The van der Waals surface area contributed by atoms with Crippen molar-refractivity contribution in [2.75, 3.05) is 0 Å². The van der Waals surface area contributed by atoms with Crippen LogP contribution in [0.5, 0.6) is 0 Å². The topological polar surface area (TPSA) is 66.4 Å². The van der Waals surface area contributed by atoms with Crippen molar-refractivity contribution in [1.29, 1.82) is 0 Å². The maximum Gasteiger partial charge on any atom is 0.315 e. The average Bonchev–Trinajstić information content (AvgIpc) is 2.25. The zero-order chi connectivity index (χ0) is 13.9. The Morgan fingerprint density at radius 2 is 1.89 bits per heavy atom. The molecule has 0 fully saturated rings. The summed E-state index contributed by atoms with van der Waals surface area (Å²) in [6.45, 7) is 0.785. The van der Waals surface area contributed by atoms with Crippen molar-refractivity contribution in [2.45, 2.75) is 13.5 Å². The third kappa shape index (κ3) is 3.49. The first-order chi connectivity index (χ1) is 8.32. The third-order valence-corrected chi connectivity index (χ3v) is 2.77. The molecule has 4 nitrogen and oxygen atoms in total. The first kappa shape index (κ1) is 14.6. The number of hydrogen-bond acceptors (Lipinski definition) is 2. The fourth-order valence-corrected chi connectivity index (χ4v) is 1.58. The minimum atomic E-state index is -1.30. The Kier molecular flexibility index (Phi) is 4.77. The van der Waals surface area contributed by atoms with Gasteiger partial charge in [-0.15, -0.1) is 0 Å². The molecule has 98 valence electrons. The first-order valence-corrected chi connectivity index (χ1v) is 5.76. The monoisotopic (exact) mass is 321 g/mol. The largest absolute Gasteiger partial charge is 0.481 e. The maximum absolute atomic E-state index is 13.4. The maximum atomic E-state index is 13.4. The number of carboxylic acid groups (broad SMARTS) is 1. The third-order valence-electron chi connectivity index (χ3n) is 2.31. The predicted octanol–water partition coefficient (Wildman–Crippen LogP) is 2.06. The molecule has 2 N–H and O–H groups in total. The number of aliphatic carboxylic acids is 1. The highest BCUT2D eigenvalue weighted by Crippen LogP contribution is 2.19. The number of hydrogen-bond donors (Lipinski definition) is 2. The molecule has 1 unspecified atom stereocenters. The van der Waals surface area contributed by atoms with Gasteiger partial charge in [-0.1, -0.05) is 15.9 Å². The lowest BCUT2D eigenvalue weighted by Gasteiger charge is -2.10. The number of halogens is 3. The van der Waals surface area contributed by atoms with Gasteiger partial charge in [0.15, 0.2) is 0 Å². The second kappa shape index (κ2) is 5.90. The summed E-state index contributed by atoms with van der Waals surface area (Å²) in [5, 5.41) is 10.7. The van der Waals surface area contributed by atoms with Gasteiger partial charge in [-0.05, 0) is 19.1 Å². The van der Waals surface area contributed by atoms with E-state index < -0.39 is 36.0 Å². The van der Waals surface area contributed by atoms with Crippen molar-refractivity contribution in [2.24, 2.45) is 5.92 Å². The molecule has 7 heteroatoms. The Hall–Kier alpha value is -1.50. The number of rotatable bonds is 4. The zero-order valence-electron chi connectivity index (χ0n) is 9.34. The van der Waals surface area contributed by atoms with Gasteiger partial charge in [-0.25, -0.2) is 8.78 Å². The second-order valence-electron chi connectivity index (χ2n) is 3.63. The van der Waals surface area contributed by atoms with Crippen LogP contribution in [0.3, 0.4) is 0 Å². The van der Waals surface area contributed by atoms with Gasteiger partial charge in [0.05, 0.1) is 0 Å². The molecule has 0 saturated carbocycles. The van der Waals surface area contributed by atoms with Gasteiger partial charge < -0.3 is 10.4 Å². The van der Waals surface area contributed by atoms with Crippen LogP contribution < -0.4 is 5.32 Å². The van der Waals surface area contributed by atoms with Crippen molar-refractivity contribution < 1.29 is 23.5 Å². The van der Waals surface area contributed by atoms with Crippen LogP contribution in [0, 0.1) is 17.6 Å². The molecule has 0 saturated heterocycles. The number of benzene rings is 1. The second-order valence-corrected chi connectivity index (χ2v) is 4.54. The molecule has 0 heterocycles. The van der Waals surface area contributed by atoms with Gasteiger partial charge in [0.25, 0.3) is 0 Å². The number of nitrogens with one attached hydrogen (secondary N) is 1. The van der Waals surface area contributed by atoms with Crippen LogP contribution in [0.4, 0.5) is 8.78 Å². The van der Waals surface area contributed by atoms with Crippen LogP contribution in [0.1, 0.15) is 12.5 Å². The SMILES string of the molecule is CC(C(=O)O)C(=O)NCc1c(F)cc(Br)cc1F. The molecule has 0 aliphatic heterocycles. The molecule has 1 rings (SSSR count). The van der Waals surface area contributed by atoms with E-state index in [2.05, 4.69) is 21.2 Å². The molecule has 0 spiro atoms. The molecule has 0 aliphatic carbocycles. The number of carboxylic acids is 1. The highest BCUT2D eigenvalue weighted by Gasteiger charge is 2.21. The molecule has 1 atom stereocenters. The Labute approximate surface area is 110 Å². The minimum Gasteiger partial charge on any atom is -0.481 e. The van der Waals surface area contributed by atoms with Crippen molar-refractivity contribution in [1.82, 2.24) is 5.32 Å². The van der Waals surface area contributed by atoms with E-state index in [1.54, 1.807) is 0 Å². The zero-order valence-corrected chi connectivity index (χ0v) is 10.9. The van der Waals surface area contributed by atoms with Crippen molar-refractivity contribution in [3.05, 3.63) is 33.8 Å². The molecule has 18 heavy (non-hydrogen) atoms. The van der Waals surface area contributed by atoms with E-state index in [9.17, 15) is 18.4 Å². The van der Waals surface area contributed by atoms with Crippen molar-refractivity contribution >= 4 is 27.8 Å². The van der Waals surface area contributed by atoms with Crippen LogP contribution in [-0.4, -0.2) is 17.0 Å². The Balaban J connectivity index is 2.76. The van der Waals surface area contributed by atoms with Gasteiger partial charge in [0, 0.05) is 16.6 Å². The van der Waals surface area contributed by atoms with E-state index in [-0.39, 0.29) is 10.0 Å². The van der Waals surface area contributed by atoms with E-state index >= 15 is 0 Å². The molecule has 0 aromatic heterocycles. The summed E-state index contributed by atoms with van der Waals surface area (Å²) in [5.74, 6) is -5.00. The van der Waals surface area contributed by atoms with E-state index in [1.165, 1.54) is 6.92 Å². The molecular weight excluding hydrogens is 312 g/mol. The van der Waals surface area contributed by atoms with Gasteiger partial charge in [0.1, 0.15) is 17.6 Å². The molecule has 0 radical (unpaired) electrons. The normalized spacial score (nSPS) is 12.0. The molecular formula is C11H10BrF2NO3. The molecule has 1 aromatic rings. The Bertz CT molecular complexity index is 470.